The van der Waals surface area contributed by atoms with E-state index in [9.17, 15) is 14.0 Å². The highest BCUT2D eigenvalue weighted by atomic mass is 19.1. The summed E-state index contributed by atoms with van der Waals surface area (Å²) in [7, 11) is 0. The summed E-state index contributed by atoms with van der Waals surface area (Å²) in [6, 6.07) is 13.4. The summed E-state index contributed by atoms with van der Waals surface area (Å²) in [5.41, 5.74) is 1.66. The molecule has 2 heterocycles. The van der Waals surface area contributed by atoms with Gasteiger partial charge in [-0.3, -0.25) is 9.59 Å². The second-order valence-corrected chi connectivity index (χ2v) is 5.97. The van der Waals surface area contributed by atoms with Gasteiger partial charge in [-0.1, -0.05) is 30.3 Å². The number of aromatic nitrogens is 3. The van der Waals surface area contributed by atoms with Crippen LogP contribution >= 0.6 is 0 Å². The minimum absolute atomic E-state index is 0.00169. The van der Waals surface area contributed by atoms with E-state index in [1.54, 1.807) is 22.9 Å². The van der Waals surface area contributed by atoms with Crippen molar-refractivity contribution in [3.8, 4) is 0 Å². The number of para-hydroxylation sites is 1. The topological polar surface area (TPSA) is 79.8 Å². The number of H-pyrrole nitrogens is 1. The summed E-state index contributed by atoms with van der Waals surface area (Å²) >= 11 is 0. The summed E-state index contributed by atoms with van der Waals surface area (Å²) in [5.74, 6) is -0.564. The highest BCUT2D eigenvalue weighted by Crippen LogP contribution is 2.25. The first-order chi connectivity index (χ1) is 12.6. The highest BCUT2D eigenvalue weighted by Gasteiger charge is 2.15. The predicted octanol–water partition coefficient (Wildman–Crippen LogP) is 2.33. The van der Waals surface area contributed by atoms with Gasteiger partial charge in [0.2, 0.25) is 5.91 Å². The molecule has 0 radical (unpaired) electrons. The van der Waals surface area contributed by atoms with Gasteiger partial charge in [-0.05, 0) is 23.8 Å². The Morgan fingerprint density at radius 1 is 1.12 bits per heavy atom. The van der Waals surface area contributed by atoms with E-state index >= 15 is 0 Å². The average molecular weight is 350 g/mol. The Hall–Kier alpha value is -3.48. The van der Waals surface area contributed by atoms with Crippen molar-refractivity contribution in [3.63, 3.8) is 0 Å². The third-order valence-corrected chi connectivity index (χ3v) is 4.29. The van der Waals surface area contributed by atoms with E-state index in [0.29, 0.717) is 10.9 Å². The van der Waals surface area contributed by atoms with E-state index < -0.39 is 0 Å². The first-order valence-corrected chi connectivity index (χ1v) is 8.09. The summed E-state index contributed by atoms with van der Waals surface area (Å²) in [6.45, 7) is 0.284. The van der Waals surface area contributed by atoms with Crippen LogP contribution in [-0.2, 0) is 17.9 Å². The second kappa shape index (κ2) is 6.44. The third kappa shape index (κ3) is 2.83. The number of amides is 1. The molecule has 0 aliphatic heterocycles. The summed E-state index contributed by atoms with van der Waals surface area (Å²) in [5, 5.41) is 10.6. The molecule has 7 heteroatoms. The molecule has 0 aliphatic carbocycles. The number of benzene rings is 2. The SMILES string of the molecule is O=C(Cn1c2ccccc2c2cn[nH]c(=O)c21)NCc1ccc(F)cc1. The number of aromatic amines is 1. The van der Waals surface area contributed by atoms with Crippen LogP contribution in [0.4, 0.5) is 4.39 Å². The minimum atomic E-state index is -0.343. The lowest BCUT2D eigenvalue weighted by Crippen LogP contribution is -2.28. The van der Waals surface area contributed by atoms with E-state index in [0.717, 1.165) is 16.5 Å². The van der Waals surface area contributed by atoms with Gasteiger partial charge < -0.3 is 9.88 Å². The number of hydrogen-bond donors (Lipinski definition) is 2. The maximum atomic E-state index is 12.9. The second-order valence-electron chi connectivity index (χ2n) is 5.97. The standard InChI is InChI=1S/C19H15FN4O2/c20-13-7-5-12(6-8-13)9-21-17(25)11-24-16-4-2-1-3-14(16)15-10-22-23-19(26)18(15)24/h1-8,10H,9,11H2,(H,21,25)(H,23,26). The summed E-state index contributed by atoms with van der Waals surface area (Å²) in [4.78, 5) is 24.7. The quantitative estimate of drug-likeness (QED) is 0.593. The molecule has 130 valence electrons. The van der Waals surface area contributed by atoms with Gasteiger partial charge in [0.25, 0.3) is 5.56 Å². The normalized spacial score (nSPS) is 11.1. The molecule has 0 unspecified atom stereocenters. The molecule has 4 aromatic rings. The van der Waals surface area contributed by atoms with Crippen molar-refractivity contribution in [1.29, 1.82) is 0 Å². The lowest BCUT2D eigenvalue weighted by molar-refractivity contribution is -0.121. The molecule has 0 saturated heterocycles. The minimum Gasteiger partial charge on any atom is -0.350 e. The number of nitrogens with zero attached hydrogens (tertiary/aromatic N) is 2. The molecule has 0 atom stereocenters. The van der Waals surface area contributed by atoms with Gasteiger partial charge in [0.1, 0.15) is 17.9 Å². The van der Waals surface area contributed by atoms with E-state index in [2.05, 4.69) is 15.5 Å². The molecule has 2 N–H and O–H groups in total. The van der Waals surface area contributed by atoms with Crippen molar-refractivity contribution >= 4 is 27.7 Å². The Kier molecular flexibility index (Phi) is 3.96. The van der Waals surface area contributed by atoms with Gasteiger partial charge in [0.05, 0.1) is 6.20 Å². The molecule has 0 aliphatic rings. The lowest BCUT2D eigenvalue weighted by Gasteiger charge is -2.08. The number of hydrogen-bond acceptors (Lipinski definition) is 3. The fourth-order valence-corrected chi connectivity index (χ4v) is 3.08. The number of carbonyl (C=O) groups excluding carboxylic acids is 1. The molecule has 0 saturated carbocycles. The maximum absolute atomic E-state index is 12.9. The average Bonchev–Trinajstić information content (AvgIpc) is 2.97. The summed E-state index contributed by atoms with van der Waals surface area (Å²) in [6.07, 6.45) is 1.59. The zero-order chi connectivity index (χ0) is 18.1. The molecule has 4 rings (SSSR count). The zero-order valence-corrected chi connectivity index (χ0v) is 13.7. The Balaban J connectivity index is 1.64. The lowest BCUT2D eigenvalue weighted by atomic mass is 10.2. The van der Waals surface area contributed by atoms with Crippen molar-refractivity contribution in [2.45, 2.75) is 13.1 Å². The van der Waals surface area contributed by atoms with Crippen LogP contribution in [0.15, 0.2) is 59.5 Å². The van der Waals surface area contributed by atoms with Gasteiger partial charge in [0, 0.05) is 22.8 Å². The van der Waals surface area contributed by atoms with E-state index in [-0.39, 0.29) is 30.4 Å². The van der Waals surface area contributed by atoms with Crippen LogP contribution in [0.5, 0.6) is 0 Å². The molecule has 0 spiro atoms. The van der Waals surface area contributed by atoms with E-state index in [1.165, 1.54) is 12.1 Å². The van der Waals surface area contributed by atoms with Crippen LogP contribution in [0, 0.1) is 5.82 Å². The predicted molar refractivity (Wildman–Crippen MR) is 96.1 cm³/mol. The molecule has 2 aromatic heterocycles. The first-order valence-electron chi connectivity index (χ1n) is 8.09. The molecular formula is C19H15FN4O2. The van der Waals surface area contributed by atoms with Gasteiger partial charge in [-0.25, -0.2) is 9.49 Å². The Bertz CT molecular complexity index is 1160. The largest absolute Gasteiger partial charge is 0.350 e. The first kappa shape index (κ1) is 16.0. The smallest absolute Gasteiger partial charge is 0.288 e. The van der Waals surface area contributed by atoms with Crippen molar-refractivity contribution in [1.82, 2.24) is 20.1 Å². The monoisotopic (exact) mass is 350 g/mol. The number of carbonyl (C=O) groups is 1. The van der Waals surface area contributed by atoms with Gasteiger partial charge in [0.15, 0.2) is 0 Å². The van der Waals surface area contributed by atoms with Crippen molar-refractivity contribution in [3.05, 3.63) is 76.5 Å². The Labute approximate surface area is 147 Å². The van der Waals surface area contributed by atoms with Crippen molar-refractivity contribution < 1.29 is 9.18 Å². The number of halogens is 1. The van der Waals surface area contributed by atoms with Crippen LogP contribution in [0.2, 0.25) is 0 Å². The molecule has 1 amide bonds. The molecule has 26 heavy (non-hydrogen) atoms. The van der Waals surface area contributed by atoms with Gasteiger partial charge >= 0.3 is 0 Å². The molecule has 0 fully saturated rings. The van der Waals surface area contributed by atoms with Crippen LogP contribution in [0.25, 0.3) is 21.8 Å². The fourth-order valence-electron chi connectivity index (χ4n) is 3.08. The molecule has 6 nitrogen and oxygen atoms in total. The number of fused-ring (bicyclic) bond motifs is 3. The molecule has 2 aromatic carbocycles. The van der Waals surface area contributed by atoms with Crippen LogP contribution in [-0.4, -0.2) is 20.7 Å². The molecular weight excluding hydrogens is 335 g/mol. The Morgan fingerprint density at radius 2 is 1.88 bits per heavy atom. The fraction of sp³-hybridized carbons (Fsp3) is 0.105. The molecule has 0 bridgehead atoms. The number of nitrogens with one attached hydrogen (secondary N) is 2. The highest BCUT2D eigenvalue weighted by molar-refractivity contribution is 6.07. The van der Waals surface area contributed by atoms with Gasteiger partial charge in [-0.2, -0.15) is 5.10 Å². The van der Waals surface area contributed by atoms with Crippen molar-refractivity contribution in [2.75, 3.05) is 0 Å². The number of rotatable bonds is 4. The third-order valence-electron chi connectivity index (χ3n) is 4.29. The van der Waals surface area contributed by atoms with Crippen LogP contribution < -0.4 is 10.9 Å². The van der Waals surface area contributed by atoms with Crippen LogP contribution in [0.3, 0.4) is 0 Å². The van der Waals surface area contributed by atoms with E-state index in [4.69, 9.17) is 0 Å². The Morgan fingerprint density at radius 3 is 2.69 bits per heavy atom. The zero-order valence-electron chi connectivity index (χ0n) is 13.7. The van der Waals surface area contributed by atoms with Gasteiger partial charge in [-0.15, -0.1) is 0 Å². The van der Waals surface area contributed by atoms with Crippen LogP contribution in [0.1, 0.15) is 5.56 Å². The van der Waals surface area contributed by atoms with E-state index in [1.807, 2.05) is 24.3 Å². The maximum Gasteiger partial charge on any atom is 0.288 e. The van der Waals surface area contributed by atoms with Crippen molar-refractivity contribution in [2.24, 2.45) is 0 Å². The summed E-state index contributed by atoms with van der Waals surface area (Å²) < 4.78 is 14.6.